The molecule has 2 aromatic heterocycles. The molecule has 0 fully saturated rings. The Kier molecular flexibility index (Phi) is 3.40. The zero-order valence-corrected chi connectivity index (χ0v) is 10.5. The van der Waals surface area contributed by atoms with Gasteiger partial charge in [-0.05, 0) is 6.07 Å². The van der Waals surface area contributed by atoms with Gasteiger partial charge in [0, 0.05) is 12.6 Å². The average Bonchev–Trinajstić information content (AvgIpc) is 2.28. The summed E-state index contributed by atoms with van der Waals surface area (Å²) < 4.78 is 0. The minimum atomic E-state index is 0.152. The van der Waals surface area contributed by atoms with Crippen LogP contribution in [0.5, 0.6) is 0 Å². The molecule has 0 unspecified atom stereocenters. The van der Waals surface area contributed by atoms with Gasteiger partial charge in [0.05, 0.1) is 10.0 Å². The van der Waals surface area contributed by atoms with Crippen molar-refractivity contribution in [3.63, 3.8) is 0 Å². The minimum absolute atomic E-state index is 0.152. The third kappa shape index (κ3) is 2.62. The van der Waals surface area contributed by atoms with Crippen molar-refractivity contribution in [2.45, 2.75) is 13.3 Å². The first-order chi connectivity index (χ1) is 8.10. The monoisotopic (exact) mass is 269 g/mol. The van der Waals surface area contributed by atoms with E-state index >= 15 is 0 Å². The van der Waals surface area contributed by atoms with Gasteiger partial charge in [-0.3, -0.25) is 0 Å². The molecule has 0 amide bonds. The van der Waals surface area contributed by atoms with Crippen molar-refractivity contribution in [2.24, 2.45) is 0 Å². The van der Waals surface area contributed by atoms with Crippen molar-refractivity contribution < 1.29 is 0 Å². The van der Waals surface area contributed by atoms with E-state index in [1.807, 2.05) is 6.92 Å². The number of anilines is 1. The lowest BCUT2D eigenvalue weighted by Gasteiger charge is -2.04. The molecular formula is C10H9Cl2N5. The molecule has 0 aromatic carbocycles. The number of pyridine rings is 1. The molecule has 5 nitrogen and oxygen atoms in total. The maximum absolute atomic E-state index is 6.02. The maximum atomic E-state index is 6.02. The van der Waals surface area contributed by atoms with Crippen LogP contribution in [0.2, 0.25) is 10.0 Å². The second-order valence-electron chi connectivity index (χ2n) is 3.27. The van der Waals surface area contributed by atoms with E-state index in [-0.39, 0.29) is 5.95 Å². The predicted octanol–water partition coefficient (Wildman–Crippen LogP) is 2.38. The maximum Gasteiger partial charge on any atom is 0.223 e. The van der Waals surface area contributed by atoms with Crippen LogP contribution in [0, 0.1) is 0 Å². The van der Waals surface area contributed by atoms with Crippen molar-refractivity contribution in [1.82, 2.24) is 19.9 Å². The molecule has 0 spiro atoms. The molecule has 88 valence electrons. The molecule has 0 saturated carbocycles. The van der Waals surface area contributed by atoms with Crippen LogP contribution in [-0.2, 0) is 6.42 Å². The Bertz CT molecular complexity index is 558. The molecule has 0 aliphatic heterocycles. The highest BCUT2D eigenvalue weighted by Gasteiger charge is 2.11. The molecule has 2 rings (SSSR count). The highest BCUT2D eigenvalue weighted by molar-refractivity contribution is 6.35. The number of aryl methyl sites for hydroxylation is 1. The van der Waals surface area contributed by atoms with Gasteiger partial charge in [0.15, 0.2) is 5.82 Å². The van der Waals surface area contributed by atoms with Gasteiger partial charge in [0.25, 0.3) is 0 Å². The number of nitrogen functional groups attached to an aromatic ring is 1. The lowest BCUT2D eigenvalue weighted by molar-refractivity contribution is 0.909. The van der Waals surface area contributed by atoms with Gasteiger partial charge >= 0.3 is 0 Å². The minimum Gasteiger partial charge on any atom is -0.368 e. The molecule has 0 aliphatic carbocycles. The van der Waals surface area contributed by atoms with Crippen LogP contribution in [-0.4, -0.2) is 19.9 Å². The first kappa shape index (κ1) is 12.0. The lowest BCUT2D eigenvalue weighted by Crippen LogP contribution is -2.05. The van der Waals surface area contributed by atoms with Gasteiger partial charge in [-0.2, -0.15) is 9.97 Å². The Labute approximate surface area is 108 Å². The molecule has 0 aliphatic rings. The highest BCUT2D eigenvalue weighted by atomic mass is 35.5. The standard InChI is InChI=1S/C10H9Cl2N5/c1-2-7-15-9(17-10(13)16-7)8-6(12)3-5(11)4-14-8/h3-4H,2H2,1H3,(H2,13,15,16,17). The first-order valence-electron chi connectivity index (χ1n) is 4.92. The van der Waals surface area contributed by atoms with Crippen LogP contribution in [0.3, 0.4) is 0 Å². The largest absolute Gasteiger partial charge is 0.368 e. The molecular weight excluding hydrogens is 261 g/mol. The van der Waals surface area contributed by atoms with Crippen molar-refractivity contribution in [1.29, 1.82) is 0 Å². The third-order valence-electron chi connectivity index (χ3n) is 2.03. The number of rotatable bonds is 2. The number of aromatic nitrogens is 4. The van der Waals surface area contributed by atoms with Crippen LogP contribution in [0.1, 0.15) is 12.7 Å². The van der Waals surface area contributed by atoms with E-state index in [0.29, 0.717) is 33.8 Å². The normalized spacial score (nSPS) is 10.5. The molecule has 0 atom stereocenters. The fourth-order valence-electron chi connectivity index (χ4n) is 1.28. The number of hydrogen-bond donors (Lipinski definition) is 1. The third-order valence-corrected chi connectivity index (χ3v) is 2.53. The Morgan fingerprint density at radius 1 is 1.24 bits per heavy atom. The molecule has 0 radical (unpaired) electrons. The quantitative estimate of drug-likeness (QED) is 0.906. The summed E-state index contributed by atoms with van der Waals surface area (Å²) in [7, 11) is 0. The van der Waals surface area contributed by atoms with E-state index in [9.17, 15) is 0 Å². The summed E-state index contributed by atoms with van der Waals surface area (Å²) in [6.07, 6.45) is 2.14. The van der Waals surface area contributed by atoms with Gasteiger partial charge in [-0.25, -0.2) is 9.97 Å². The molecule has 2 aromatic rings. The van der Waals surface area contributed by atoms with Crippen LogP contribution in [0.15, 0.2) is 12.3 Å². The summed E-state index contributed by atoms with van der Waals surface area (Å²) in [5, 5.41) is 0.835. The Balaban J connectivity index is 2.55. The topological polar surface area (TPSA) is 77.6 Å². The van der Waals surface area contributed by atoms with Crippen LogP contribution < -0.4 is 5.73 Å². The molecule has 0 bridgehead atoms. The van der Waals surface area contributed by atoms with Crippen molar-refractivity contribution >= 4 is 29.2 Å². The molecule has 2 N–H and O–H groups in total. The highest BCUT2D eigenvalue weighted by Crippen LogP contribution is 2.25. The van der Waals surface area contributed by atoms with E-state index in [4.69, 9.17) is 28.9 Å². The van der Waals surface area contributed by atoms with E-state index < -0.39 is 0 Å². The Hall–Kier alpha value is -1.46. The predicted molar refractivity (Wildman–Crippen MR) is 66.9 cm³/mol. The van der Waals surface area contributed by atoms with E-state index in [1.54, 1.807) is 6.07 Å². The second-order valence-corrected chi connectivity index (χ2v) is 4.11. The molecule has 0 saturated heterocycles. The summed E-state index contributed by atoms with van der Waals surface area (Å²) in [5.74, 6) is 1.11. The molecule has 7 heteroatoms. The fraction of sp³-hybridized carbons (Fsp3) is 0.200. The van der Waals surface area contributed by atoms with Gasteiger partial charge in [-0.15, -0.1) is 0 Å². The Morgan fingerprint density at radius 3 is 2.65 bits per heavy atom. The summed E-state index contributed by atoms with van der Waals surface area (Å²) >= 11 is 11.8. The van der Waals surface area contributed by atoms with Crippen LogP contribution >= 0.6 is 23.2 Å². The number of nitrogens with zero attached hydrogens (tertiary/aromatic N) is 4. The number of hydrogen-bond acceptors (Lipinski definition) is 5. The van der Waals surface area contributed by atoms with Crippen molar-refractivity contribution in [3.05, 3.63) is 28.1 Å². The van der Waals surface area contributed by atoms with Crippen LogP contribution in [0.4, 0.5) is 5.95 Å². The first-order valence-corrected chi connectivity index (χ1v) is 5.67. The Morgan fingerprint density at radius 2 is 2.00 bits per heavy atom. The van der Waals surface area contributed by atoms with Crippen molar-refractivity contribution in [2.75, 3.05) is 5.73 Å². The summed E-state index contributed by atoms with van der Waals surface area (Å²) in [5.41, 5.74) is 6.04. The second kappa shape index (κ2) is 4.81. The summed E-state index contributed by atoms with van der Waals surface area (Å²) in [6.45, 7) is 1.93. The number of nitrogens with two attached hydrogens (primary N) is 1. The molecule has 17 heavy (non-hydrogen) atoms. The van der Waals surface area contributed by atoms with Gasteiger partial charge in [0.1, 0.15) is 11.5 Å². The van der Waals surface area contributed by atoms with Crippen molar-refractivity contribution in [3.8, 4) is 11.5 Å². The van der Waals surface area contributed by atoms with Gasteiger partial charge in [0.2, 0.25) is 5.95 Å². The molecule has 2 heterocycles. The summed E-state index contributed by atoms with van der Waals surface area (Å²) in [4.78, 5) is 16.3. The van der Waals surface area contributed by atoms with Gasteiger partial charge in [-0.1, -0.05) is 30.1 Å². The number of halogens is 2. The zero-order valence-electron chi connectivity index (χ0n) is 8.98. The summed E-state index contributed by atoms with van der Waals surface area (Å²) in [6, 6.07) is 1.58. The SMILES string of the molecule is CCc1nc(N)nc(-c2ncc(Cl)cc2Cl)n1. The smallest absolute Gasteiger partial charge is 0.223 e. The average molecular weight is 270 g/mol. The zero-order chi connectivity index (χ0) is 12.4. The van der Waals surface area contributed by atoms with E-state index in [0.717, 1.165) is 0 Å². The van der Waals surface area contributed by atoms with Crippen LogP contribution in [0.25, 0.3) is 11.5 Å². The van der Waals surface area contributed by atoms with E-state index in [2.05, 4.69) is 19.9 Å². The van der Waals surface area contributed by atoms with Gasteiger partial charge < -0.3 is 5.73 Å². The van der Waals surface area contributed by atoms with E-state index in [1.165, 1.54) is 6.20 Å². The lowest BCUT2D eigenvalue weighted by atomic mass is 10.3. The fourth-order valence-corrected chi connectivity index (χ4v) is 1.75.